The summed E-state index contributed by atoms with van der Waals surface area (Å²) in [6.45, 7) is 4.59. The Morgan fingerprint density at radius 2 is 1.38 bits per heavy atom. The summed E-state index contributed by atoms with van der Waals surface area (Å²) >= 11 is 0. The summed E-state index contributed by atoms with van der Waals surface area (Å²) in [5.74, 6) is 0.259. The summed E-state index contributed by atoms with van der Waals surface area (Å²) in [7, 11) is 0. The Bertz CT molecular complexity index is 213. The van der Waals surface area contributed by atoms with Crippen molar-refractivity contribution in [2.75, 3.05) is 6.54 Å². The fraction of sp³-hybridized carbons (Fsp3) is 0.786. The molecule has 0 bridgehead atoms. The zero-order chi connectivity index (χ0) is 11.6. The molecule has 1 aliphatic rings. The zero-order valence-electron chi connectivity index (χ0n) is 10.4. The van der Waals surface area contributed by atoms with Crippen molar-refractivity contribution in [1.29, 1.82) is 0 Å². The highest BCUT2D eigenvalue weighted by atomic mass is 16.2. The van der Waals surface area contributed by atoms with Crippen molar-refractivity contribution < 1.29 is 4.79 Å². The van der Waals surface area contributed by atoms with Crippen LogP contribution in [0.4, 0.5) is 0 Å². The first kappa shape index (κ1) is 13.3. The maximum absolute atomic E-state index is 11.8. The number of rotatable bonds is 1. The fourth-order valence-electron chi connectivity index (χ4n) is 2.26. The van der Waals surface area contributed by atoms with E-state index < -0.39 is 0 Å². The molecular formula is C14H25NO. The van der Waals surface area contributed by atoms with Crippen LogP contribution in [-0.4, -0.2) is 17.4 Å². The lowest BCUT2D eigenvalue weighted by Crippen LogP contribution is -2.26. The molecule has 16 heavy (non-hydrogen) atoms. The van der Waals surface area contributed by atoms with Gasteiger partial charge in [0.1, 0.15) is 0 Å². The maximum atomic E-state index is 11.8. The van der Waals surface area contributed by atoms with Crippen molar-refractivity contribution in [3.63, 3.8) is 0 Å². The molecule has 1 rings (SSSR count). The van der Waals surface area contributed by atoms with Gasteiger partial charge < -0.3 is 4.90 Å². The van der Waals surface area contributed by atoms with E-state index in [4.69, 9.17) is 0 Å². The zero-order valence-corrected chi connectivity index (χ0v) is 10.4. The molecule has 0 atom stereocenters. The number of amides is 1. The highest BCUT2D eigenvalue weighted by Crippen LogP contribution is 2.13. The summed E-state index contributed by atoms with van der Waals surface area (Å²) < 4.78 is 0. The molecule has 0 saturated carbocycles. The van der Waals surface area contributed by atoms with E-state index in [1.54, 1.807) is 11.1 Å². The van der Waals surface area contributed by atoms with Gasteiger partial charge in [-0.3, -0.25) is 4.79 Å². The van der Waals surface area contributed by atoms with Crippen molar-refractivity contribution in [2.45, 2.75) is 64.2 Å². The highest BCUT2D eigenvalue weighted by Gasteiger charge is 2.09. The van der Waals surface area contributed by atoms with E-state index in [0.29, 0.717) is 6.42 Å². The smallest absolute Gasteiger partial charge is 0.226 e. The number of nitrogens with zero attached hydrogens (tertiary/aromatic N) is 1. The lowest BCUT2D eigenvalue weighted by atomic mass is 10.1. The van der Waals surface area contributed by atoms with Crippen LogP contribution in [0.5, 0.6) is 0 Å². The molecule has 0 unspecified atom stereocenters. The van der Waals surface area contributed by atoms with Gasteiger partial charge in [-0.2, -0.15) is 0 Å². The van der Waals surface area contributed by atoms with Crippen molar-refractivity contribution in [2.24, 2.45) is 0 Å². The van der Waals surface area contributed by atoms with E-state index in [0.717, 1.165) is 19.4 Å². The molecule has 0 radical (unpaired) electrons. The standard InChI is InChI=1S/C14H25NO/c1-2-15-13-11-9-7-5-3-4-6-8-10-12-14(15)16/h2H,1,3-13H2. The van der Waals surface area contributed by atoms with Gasteiger partial charge in [0, 0.05) is 13.0 Å². The SMILES string of the molecule is C=CN1CCCCCCCCCCCC1=O. The van der Waals surface area contributed by atoms with Crippen LogP contribution in [0.3, 0.4) is 0 Å². The van der Waals surface area contributed by atoms with Crippen LogP contribution < -0.4 is 0 Å². The average Bonchev–Trinajstić information content (AvgIpc) is 2.31. The van der Waals surface area contributed by atoms with Gasteiger partial charge in [-0.05, 0) is 19.0 Å². The Balaban J connectivity index is 2.36. The van der Waals surface area contributed by atoms with Crippen LogP contribution in [0.25, 0.3) is 0 Å². The van der Waals surface area contributed by atoms with Crippen molar-refractivity contribution in [3.05, 3.63) is 12.8 Å². The van der Waals surface area contributed by atoms with E-state index in [1.165, 1.54) is 44.9 Å². The fourth-order valence-corrected chi connectivity index (χ4v) is 2.26. The second kappa shape index (κ2) is 8.37. The van der Waals surface area contributed by atoms with Crippen LogP contribution >= 0.6 is 0 Å². The van der Waals surface area contributed by atoms with Crippen LogP contribution in [0, 0.1) is 0 Å². The number of hydrogen-bond acceptors (Lipinski definition) is 1. The molecular weight excluding hydrogens is 198 g/mol. The van der Waals surface area contributed by atoms with Gasteiger partial charge in [0.05, 0.1) is 0 Å². The molecule has 2 nitrogen and oxygen atoms in total. The molecule has 0 aromatic rings. The predicted molar refractivity (Wildman–Crippen MR) is 68.1 cm³/mol. The molecule has 1 saturated heterocycles. The molecule has 0 N–H and O–H groups in total. The van der Waals surface area contributed by atoms with E-state index in [1.807, 2.05) is 0 Å². The molecule has 2 heteroatoms. The molecule has 1 heterocycles. The quantitative estimate of drug-likeness (QED) is 0.660. The minimum atomic E-state index is 0.259. The molecule has 0 aromatic heterocycles. The molecule has 1 fully saturated rings. The summed E-state index contributed by atoms with van der Waals surface area (Å²) in [4.78, 5) is 13.6. The summed E-state index contributed by atoms with van der Waals surface area (Å²) in [6.07, 6.45) is 13.7. The average molecular weight is 223 g/mol. The minimum absolute atomic E-state index is 0.259. The molecule has 92 valence electrons. The van der Waals surface area contributed by atoms with Gasteiger partial charge in [-0.25, -0.2) is 0 Å². The van der Waals surface area contributed by atoms with Gasteiger partial charge in [0.25, 0.3) is 0 Å². The first-order valence-electron chi connectivity index (χ1n) is 6.76. The van der Waals surface area contributed by atoms with Crippen molar-refractivity contribution >= 4 is 5.91 Å². The van der Waals surface area contributed by atoms with Gasteiger partial charge >= 0.3 is 0 Å². The lowest BCUT2D eigenvalue weighted by Gasteiger charge is -2.17. The summed E-state index contributed by atoms with van der Waals surface area (Å²) in [5, 5.41) is 0. The van der Waals surface area contributed by atoms with Crippen LogP contribution in [-0.2, 0) is 4.79 Å². The molecule has 1 amide bonds. The summed E-state index contributed by atoms with van der Waals surface area (Å²) in [6, 6.07) is 0. The lowest BCUT2D eigenvalue weighted by molar-refractivity contribution is -0.128. The normalized spacial score (nSPS) is 21.8. The largest absolute Gasteiger partial charge is 0.320 e. The van der Waals surface area contributed by atoms with Crippen molar-refractivity contribution in [3.8, 4) is 0 Å². The Kier molecular flexibility index (Phi) is 6.95. The maximum Gasteiger partial charge on any atom is 0.226 e. The Morgan fingerprint density at radius 1 is 0.875 bits per heavy atom. The van der Waals surface area contributed by atoms with E-state index in [2.05, 4.69) is 6.58 Å². The Morgan fingerprint density at radius 3 is 1.94 bits per heavy atom. The Labute approximate surface area is 99.7 Å². The third-order valence-corrected chi connectivity index (χ3v) is 3.33. The Hall–Kier alpha value is -0.790. The van der Waals surface area contributed by atoms with Gasteiger partial charge in [-0.1, -0.05) is 51.5 Å². The van der Waals surface area contributed by atoms with Gasteiger partial charge in [0.2, 0.25) is 5.91 Å². The van der Waals surface area contributed by atoms with Gasteiger partial charge in [-0.15, -0.1) is 0 Å². The third-order valence-electron chi connectivity index (χ3n) is 3.33. The second-order valence-electron chi connectivity index (χ2n) is 4.70. The second-order valence-corrected chi connectivity index (χ2v) is 4.70. The molecule has 0 spiro atoms. The number of carbonyl (C=O) groups is 1. The van der Waals surface area contributed by atoms with Crippen LogP contribution in [0.15, 0.2) is 12.8 Å². The van der Waals surface area contributed by atoms with Crippen LogP contribution in [0.1, 0.15) is 64.2 Å². The number of carbonyl (C=O) groups excluding carboxylic acids is 1. The molecule has 0 aliphatic carbocycles. The minimum Gasteiger partial charge on any atom is -0.320 e. The molecule has 0 aromatic carbocycles. The van der Waals surface area contributed by atoms with Crippen LogP contribution in [0.2, 0.25) is 0 Å². The van der Waals surface area contributed by atoms with Crippen molar-refractivity contribution in [1.82, 2.24) is 4.90 Å². The first-order chi connectivity index (χ1) is 7.84. The highest BCUT2D eigenvalue weighted by molar-refractivity contribution is 5.77. The topological polar surface area (TPSA) is 20.3 Å². The monoisotopic (exact) mass is 223 g/mol. The number of hydrogen-bond donors (Lipinski definition) is 0. The van der Waals surface area contributed by atoms with E-state index in [9.17, 15) is 4.79 Å². The van der Waals surface area contributed by atoms with E-state index in [-0.39, 0.29) is 5.91 Å². The van der Waals surface area contributed by atoms with E-state index >= 15 is 0 Å². The van der Waals surface area contributed by atoms with Gasteiger partial charge in [0.15, 0.2) is 0 Å². The predicted octanol–water partition coefficient (Wildman–Crippen LogP) is 3.87. The summed E-state index contributed by atoms with van der Waals surface area (Å²) in [5.41, 5.74) is 0. The first-order valence-corrected chi connectivity index (χ1v) is 6.76. The third kappa shape index (κ3) is 5.34. The molecule has 1 aliphatic heterocycles.